The summed E-state index contributed by atoms with van der Waals surface area (Å²) in [7, 11) is 1.82. The second-order valence-corrected chi connectivity index (χ2v) is 5.90. The molecule has 0 saturated carbocycles. The van der Waals surface area contributed by atoms with Crippen molar-refractivity contribution in [2.24, 2.45) is 11.7 Å². The van der Waals surface area contributed by atoms with Crippen molar-refractivity contribution in [3.05, 3.63) is 0 Å². The molecule has 0 aliphatic carbocycles. The summed E-state index contributed by atoms with van der Waals surface area (Å²) >= 11 is 0. The van der Waals surface area contributed by atoms with Crippen LogP contribution in [0, 0.1) is 5.92 Å². The van der Waals surface area contributed by atoms with Crippen LogP contribution in [0.5, 0.6) is 0 Å². The molecular formula is C13H28N2O. The van der Waals surface area contributed by atoms with Crippen LogP contribution in [0.1, 0.15) is 40.5 Å². The van der Waals surface area contributed by atoms with Gasteiger partial charge in [0.1, 0.15) is 0 Å². The van der Waals surface area contributed by atoms with Crippen molar-refractivity contribution in [2.45, 2.75) is 51.7 Å². The molecule has 1 rings (SSSR count). The van der Waals surface area contributed by atoms with Gasteiger partial charge in [-0.25, -0.2) is 0 Å². The molecule has 2 atom stereocenters. The third kappa shape index (κ3) is 2.58. The molecule has 1 heterocycles. The minimum absolute atomic E-state index is 0.00354. The average Bonchev–Trinajstić information content (AvgIpc) is 2.27. The van der Waals surface area contributed by atoms with E-state index in [0.717, 1.165) is 19.5 Å². The predicted octanol–water partition coefficient (Wildman–Crippen LogP) is 1.86. The standard InChI is InChI=1S/C13H28N2O/c1-11(2)13(4,9-14)15-8-6-7-12(3,10-15)16-5/h11H,6-10,14H2,1-5H3. The molecule has 1 aliphatic rings. The van der Waals surface area contributed by atoms with Crippen LogP contribution in [0.2, 0.25) is 0 Å². The van der Waals surface area contributed by atoms with Crippen LogP contribution in [0.25, 0.3) is 0 Å². The van der Waals surface area contributed by atoms with E-state index in [1.54, 1.807) is 0 Å². The average molecular weight is 228 g/mol. The summed E-state index contributed by atoms with van der Waals surface area (Å²) in [5.41, 5.74) is 6.09. The molecule has 16 heavy (non-hydrogen) atoms. The van der Waals surface area contributed by atoms with Gasteiger partial charge in [-0.15, -0.1) is 0 Å². The van der Waals surface area contributed by atoms with E-state index < -0.39 is 0 Å². The van der Waals surface area contributed by atoms with E-state index >= 15 is 0 Å². The molecule has 2 unspecified atom stereocenters. The topological polar surface area (TPSA) is 38.5 Å². The van der Waals surface area contributed by atoms with Gasteiger partial charge in [-0.1, -0.05) is 13.8 Å². The van der Waals surface area contributed by atoms with Crippen molar-refractivity contribution < 1.29 is 4.74 Å². The Kier molecular flexibility index (Phi) is 4.38. The summed E-state index contributed by atoms with van der Waals surface area (Å²) in [6.07, 6.45) is 2.35. The van der Waals surface area contributed by atoms with Crippen LogP contribution >= 0.6 is 0 Å². The smallest absolute Gasteiger partial charge is 0.0777 e. The summed E-state index contributed by atoms with van der Waals surface area (Å²) < 4.78 is 5.65. The fraction of sp³-hybridized carbons (Fsp3) is 1.00. The first-order valence-corrected chi connectivity index (χ1v) is 6.38. The number of rotatable bonds is 4. The first-order valence-electron chi connectivity index (χ1n) is 6.38. The van der Waals surface area contributed by atoms with Gasteiger partial charge in [-0.2, -0.15) is 0 Å². The molecule has 0 aromatic heterocycles. The Morgan fingerprint density at radius 2 is 2.12 bits per heavy atom. The number of ether oxygens (including phenoxy) is 1. The lowest BCUT2D eigenvalue weighted by Gasteiger charge is -2.50. The van der Waals surface area contributed by atoms with E-state index in [1.807, 2.05) is 7.11 Å². The maximum atomic E-state index is 5.99. The molecular weight excluding hydrogens is 200 g/mol. The second kappa shape index (κ2) is 5.03. The number of likely N-dealkylation sites (tertiary alicyclic amines) is 1. The van der Waals surface area contributed by atoms with Gasteiger partial charge in [0.2, 0.25) is 0 Å². The van der Waals surface area contributed by atoms with E-state index in [0.29, 0.717) is 12.5 Å². The predicted molar refractivity (Wildman–Crippen MR) is 68.5 cm³/mol. The molecule has 0 bridgehead atoms. The summed E-state index contributed by atoms with van der Waals surface area (Å²) in [6.45, 7) is 11.8. The van der Waals surface area contributed by atoms with Gasteiger partial charge < -0.3 is 10.5 Å². The Morgan fingerprint density at radius 1 is 1.50 bits per heavy atom. The zero-order chi connectivity index (χ0) is 12.4. The summed E-state index contributed by atoms with van der Waals surface area (Å²) in [5.74, 6) is 0.566. The first-order chi connectivity index (χ1) is 7.38. The van der Waals surface area contributed by atoms with Crippen LogP contribution in [-0.4, -0.2) is 42.8 Å². The lowest BCUT2D eigenvalue weighted by molar-refractivity contribution is -0.0853. The number of methoxy groups -OCH3 is 1. The highest BCUT2D eigenvalue weighted by Gasteiger charge is 2.40. The van der Waals surface area contributed by atoms with Gasteiger partial charge >= 0.3 is 0 Å². The van der Waals surface area contributed by atoms with Crippen molar-refractivity contribution in [1.82, 2.24) is 4.90 Å². The Balaban J connectivity index is 2.79. The molecule has 2 N–H and O–H groups in total. The number of hydrogen-bond donors (Lipinski definition) is 1. The fourth-order valence-electron chi connectivity index (χ4n) is 2.54. The highest BCUT2D eigenvalue weighted by Crippen LogP contribution is 2.32. The molecule has 0 radical (unpaired) electrons. The molecule has 3 heteroatoms. The quantitative estimate of drug-likeness (QED) is 0.798. The molecule has 1 saturated heterocycles. The highest BCUT2D eigenvalue weighted by atomic mass is 16.5. The summed E-state index contributed by atoms with van der Waals surface area (Å²) in [5, 5.41) is 0. The van der Waals surface area contributed by atoms with Gasteiger partial charge in [0.05, 0.1) is 5.60 Å². The van der Waals surface area contributed by atoms with Gasteiger partial charge in [0.25, 0.3) is 0 Å². The van der Waals surface area contributed by atoms with E-state index in [-0.39, 0.29) is 11.1 Å². The van der Waals surface area contributed by atoms with Crippen LogP contribution in [0.15, 0.2) is 0 Å². The monoisotopic (exact) mass is 228 g/mol. The Bertz CT molecular complexity index is 232. The molecule has 0 amide bonds. The Hall–Kier alpha value is -0.120. The molecule has 0 aromatic rings. The van der Waals surface area contributed by atoms with Crippen molar-refractivity contribution in [1.29, 1.82) is 0 Å². The second-order valence-electron chi connectivity index (χ2n) is 5.90. The van der Waals surface area contributed by atoms with Crippen molar-refractivity contribution in [3.63, 3.8) is 0 Å². The Labute approximate surface area is 100 Å². The number of hydrogen-bond acceptors (Lipinski definition) is 3. The number of nitrogens with two attached hydrogens (primary N) is 1. The van der Waals surface area contributed by atoms with E-state index in [1.165, 1.54) is 6.42 Å². The van der Waals surface area contributed by atoms with Crippen molar-refractivity contribution in [3.8, 4) is 0 Å². The lowest BCUT2D eigenvalue weighted by Crippen LogP contribution is -2.61. The van der Waals surface area contributed by atoms with E-state index in [9.17, 15) is 0 Å². The Morgan fingerprint density at radius 3 is 2.56 bits per heavy atom. The van der Waals surface area contributed by atoms with Crippen LogP contribution in [-0.2, 0) is 4.74 Å². The highest BCUT2D eigenvalue weighted by molar-refractivity contribution is 4.96. The molecule has 96 valence electrons. The van der Waals surface area contributed by atoms with Crippen molar-refractivity contribution >= 4 is 0 Å². The SMILES string of the molecule is COC1(C)CCCN(C(C)(CN)C(C)C)C1. The molecule has 1 fully saturated rings. The summed E-state index contributed by atoms with van der Waals surface area (Å²) in [4.78, 5) is 2.52. The molecule has 1 aliphatic heterocycles. The first kappa shape index (κ1) is 13.9. The van der Waals surface area contributed by atoms with Gasteiger partial charge in [0, 0.05) is 25.7 Å². The van der Waals surface area contributed by atoms with E-state index in [4.69, 9.17) is 10.5 Å². The van der Waals surface area contributed by atoms with Crippen LogP contribution in [0.3, 0.4) is 0 Å². The minimum atomic E-state index is 0.00354. The van der Waals surface area contributed by atoms with Gasteiger partial charge in [-0.3, -0.25) is 4.90 Å². The van der Waals surface area contributed by atoms with Gasteiger partial charge in [0.15, 0.2) is 0 Å². The van der Waals surface area contributed by atoms with Crippen LogP contribution in [0.4, 0.5) is 0 Å². The zero-order valence-electron chi connectivity index (χ0n) is 11.5. The summed E-state index contributed by atoms with van der Waals surface area (Å²) in [6, 6.07) is 0. The maximum absolute atomic E-state index is 5.99. The maximum Gasteiger partial charge on any atom is 0.0777 e. The molecule has 3 nitrogen and oxygen atoms in total. The molecule has 0 spiro atoms. The number of piperidine rings is 1. The third-order valence-electron chi connectivity index (χ3n) is 4.53. The van der Waals surface area contributed by atoms with E-state index in [2.05, 4.69) is 32.6 Å². The van der Waals surface area contributed by atoms with Gasteiger partial charge in [-0.05, 0) is 39.2 Å². The van der Waals surface area contributed by atoms with Crippen molar-refractivity contribution in [2.75, 3.05) is 26.7 Å². The number of nitrogens with zero attached hydrogens (tertiary/aromatic N) is 1. The normalized spacial score (nSPS) is 31.7. The lowest BCUT2D eigenvalue weighted by atomic mass is 9.82. The largest absolute Gasteiger partial charge is 0.377 e. The minimum Gasteiger partial charge on any atom is -0.377 e. The molecule has 0 aromatic carbocycles. The fourth-order valence-corrected chi connectivity index (χ4v) is 2.54. The van der Waals surface area contributed by atoms with Crippen LogP contribution < -0.4 is 5.73 Å². The third-order valence-corrected chi connectivity index (χ3v) is 4.53. The zero-order valence-corrected chi connectivity index (χ0v) is 11.5.